The topological polar surface area (TPSA) is 9.23 Å². The first-order valence-corrected chi connectivity index (χ1v) is 6.19. The van der Waals surface area contributed by atoms with E-state index in [9.17, 15) is 0 Å². The number of fused-ring (bicyclic) bond motifs is 1. The van der Waals surface area contributed by atoms with Gasteiger partial charge in [0.15, 0.2) is 0 Å². The normalized spacial score (nSPS) is 11.3. The molecule has 2 rings (SSSR count). The van der Waals surface area contributed by atoms with Crippen LogP contribution in [0.2, 0.25) is 0 Å². The van der Waals surface area contributed by atoms with E-state index in [1.165, 1.54) is 21.9 Å². The highest BCUT2D eigenvalue weighted by molar-refractivity contribution is 5.83. The number of rotatable bonds is 4. The van der Waals surface area contributed by atoms with Crippen LogP contribution in [0.1, 0.15) is 25.0 Å². The van der Waals surface area contributed by atoms with Crippen molar-refractivity contribution >= 4 is 10.8 Å². The van der Waals surface area contributed by atoms with E-state index < -0.39 is 0 Å². The lowest BCUT2D eigenvalue weighted by Crippen LogP contribution is -1.94. The van der Waals surface area contributed by atoms with Crippen LogP contribution in [0.25, 0.3) is 10.8 Å². The van der Waals surface area contributed by atoms with Gasteiger partial charge >= 0.3 is 0 Å². The van der Waals surface area contributed by atoms with Crippen LogP contribution in [0.4, 0.5) is 0 Å². The average Bonchev–Trinajstić information content (AvgIpc) is 2.29. The molecular weight excluding hydrogens is 208 g/mol. The minimum Gasteiger partial charge on any atom is -0.380 e. The first-order valence-electron chi connectivity index (χ1n) is 6.19. The molecule has 0 unspecified atom stereocenters. The molecule has 0 amide bonds. The van der Waals surface area contributed by atoms with Crippen LogP contribution in [-0.4, -0.2) is 7.11 Å². The molecule has 17 heavy (non-hydrogen) atoms. The number of benzene rings is 2. The smallest absolute Gasteiger partial charge is 0.0713 e. The molecule has 0 bridgehead atoms. The number of hydrogen-bond acceptors (Lipinski definition) is 1. The molecular formula is C16H20O. The quantitative estimate of drug-likeness (QED) is 0.762. The lowest BCUT2D eigenvalue weighted by atomic mass is 9.99. The van der Waals surface area contributed by atoms with Gasteiger partial charge in [-0.1, -0.05) is 44.2 Å². The van der Waals surface area contributed by atoms with Gasteiger partial charge < -0.3 is 4.74 Å². The van der Waals surface area contributed by atoms with Gasteiger partial charge in [0, 0.05) is 7.11 Å². The lowest BCUT2D eigenvalue weighted by molar-refractivity contribution is 0.185. The molecule has 0 saturated carbocycles. The Labute approximate surface area is 103 Å². The number of methoxy groups -OCH3 is 1. The van der Waals surface area contributed by atoms with Gasteiger partial charge in [0.2, 0.25) is 0 Å². The second kappa shape index (κ2) is 5.33. The predicted molar refractivity (Wildman–Crippen MR) is 73.2 cm³/mol. The fraction of sp³-hybridized carbons (Fsp3) is 0.375. The highest BCUT2D eigenvalue weighted by Gasteiger charge is 2.01. The molecule has 0 aliphatic heterocycles. The summed E-state index contributed by atoms with van der Waals surface area (Å²) in [5.41, 5.74) is 2.66. The fourth-order valence-electron chi connectivity index (χ4n) is 2.20. The van der Waals surface area contributed by atoms with E-state index >= 15 is 0 Å². The van der Waals surface area contributed by atoms with Crippen molar-refractivity contribution in [1.29, 1.82) is 0 Å². The second-order valence-corrected chi connectivity index (χ2v) is 5.05. The molecule has 0 fully saturated rings. The Kier molecular flexibility index (Phi) is 3.80. The zero-order valence-electron chi connectivity index (χ0n) is 10.9. The van der Waals surface area contributed by atoms with E-state index in [4.69, 9.17) is 4.74 Å². The molecule has 0 spiro atoms. The van der Waals surface area contributed by atoms with Crippen molar-refractivity contribution in [3.63, 3.8) is 0 Å². The van der Waals surface area contributed by atoms with Crippen LogP contribution in [0.15, 0.2) is 36.4 Å². The van der Waals surface area contributed by atoms with Gasteiger partial charge in [-0.05, 0) is 40.3 Å². The second-order valence-electron chi connectivity index (χ2n) is 5.05. The van der Waals surface area contributed by atoms with Gasteiger partial charge in [-0.3, -0.25) is 0 Å². The number of ether oxygens (including phenoxy) is 1. The first-order chi connectivity index (χ1) is 8.19. The van der Waals surface area contributed by atoms with Gasteiger partial charge in [0.1, 0.15) is 0 Å². The van der Waals surface area contributed by atoms with Crippen LogP contribution < -0.4 is 0 Å². The van der Waals surface area contributed by atoms with Crippen molar-refractivity contribution in [3.05, 3.63) is 47.5 Å². The molecule has 0 aliphatic carbocycles. The van der Waals surface area contributed by atoms with Crippen molar-refractivity contribution in [2.45, 2.75) is 26.9 Å². The first kappa shape index (κ1) is 12.1. The molecule has 0 atom stereocenters. The van der Waals surface area contributed by atoms with Gasteiger partial charge in [-0.15, -0.1) is 0 Å². The van der Waals surface area contributed by atoms with Crippen LogP contribution in [-0.2, 0) is 17.8 Å². The minimum atomic E-state index is 0.684. The molecule has 90 valence electrons. The summed E-state index contributed by atoms with van der Waals surface area (Å²) in [6.45, 7) is 5.20. The zero-order valence-corrected chi connectivity index (χ0v) is 10.9. The highest BCUT2D eigenvalue weighted by Crippen LogP contribution is 2.20. The average molecular weight is 228 g/mol. The Morgan fingerprint density at radius 1 is 0.941 bits per heavy atom. The van der Waals surface area contributed by atoms with E-state index in [0.29, 0.717) is 12.5 Å². The Balaban J connectivity index is 2.33. The van der Waals surface area contributed by atoms with E-state index in [1.807, 2.05) is 0 Å². The Hall–Kier alpha value is -1.34. The Morgan fingerprint density at radius 3 is 2.12 bits per heavy atom. The van der Waals surface area contributed by atoms with E-state index in [2.05, 4.69) is 50.2 Å². The van der Waals surface area contributed by atoms with Crippen molar-refractivity contribution in [1.82, 2.24) is 0 Å². The maximum atomic E-state index is 5.15. The molecule has 0 heterocycles. The third-order valence-corrected chi connectivity index (χ3v) is 2.92. The summed E-state index contributed by atoms with van der Waals surface area (Å²) in [4.78, 5) is 0. The van der Waals surface area contributed by atoms with Gasteiger partial charge in [0.25, 0.3) is 0 Å². The summed E-state index contributed by atoms with van der Waals surface area (Å²) in [6, 6.07) is 13.3. The molecule has 0 saturated heterocycles. The van der Waals surface area contributed by atoms with E-state index in [-0.39, 0.29) is 0 Å². The maximum Gasteiger partial charge on any atom is 0.0713 e. The summed E-state index contributed by atoms with van der Waals surface area (Å²) in [5, 5.41) is 2.62. The van der Waals surface area contributed by atoms with Gasteiger partial charge in [-0.2, -0.15) is 0 Å². The molecule has 0 aromatic heterocycles. The van der Waals surface area contributed by atoms with Crippen LogP contribution in [0.3, 0.4) is 0 Å². The highest BCUT2D eigenvalue weighted by atomic mass is 16.5. The maximum absolute atomic E-state index is 5.15. The SMILES string of the molecule is COCc1ccc2cc(CC(C)C)ccc2c1. The third kappa shape index (κ3) is 3.07. The van der Waals surface area contributed by atoms with E-state index in [0.717, 1.165) is 6.42 Å². The third-order valence-electron chi connectivity index (χ3n) is 2.92. The molecule has 0 radical (unpaired) electrons. The molecule has 0 N–H and O–H groups in total. The van der Waals surface area contributed by atoms with Crippen molar-refractivity contribution < 1.29 is 4.74 Å². The lowest BCUT2D eigenvalue weighted by Gasteiger charge is -2.07. The predicted octanol–water partition coefficient (Wildman–Crippen LogP) is 4.18. The summed E-state index contributed by atoms with van der Waals surface area (Å²) in [5.74, 6) is 0.709. The van der Waals surface area contributed by atoms with Gasteiger partial charge in [-0.25, -0.2) is 0 Å². The summed E-state index contributed by atoms with van der Waals surface area (Å²) in [6.07, 6.45) is 1.15. The standard InChI is InChI=1S/C16H20O/c1-12(2)8-13-4-6-16-10-14(11-17-3)5-7-15(16)9-13/h4-7,9-10,12H,8,11H2,1-3H3. The molecule has 1 nitrogen and oxygen atoms in total. The van der Waals surface area contributed by atoms with Crippen molar-refractivity contribution in [2.24, 2.45) is 5.92 Å². The molecule has 1 heteroatoms. The Morgan fingerprint density at radius 2 is 1.53 bits per heavy atom. The molecule has 0 aliphatic rings. The molecule has 2 aromatic rings. The fourth-order valence-corrected chi connectivity index (χ4v) is 2.20. The monoisotopic (exact) mass is 228 g/mol. The van der Waals surface area contributed by atoms with Crippen LogP contribution >= 0.6 is 0 Å². The zero-order chi connectivity index (χ0) is 12.3. The van der Waals surface area contributed by atoms with Crippen LogP contribution in [0.5, 0.6) is 0 Å². The summed E-state index contributed by atoms with van der Waals surface area (Å²) < 4.78 is 5.15. The summed E-state index contributed by atoms with van der Waals surface area (Å²) in [7, 11) is 1.73. The van der Waals surface area contributed by atoms with Crippen molar-refractivity contribution in [2.75, 3.05) is 7.11 Å². The van der Waals surface area contributed by atoms with Crippen molar-refractivity contribution in [3.8, 4) is 0 Å². The van der Waals surface area contributed by atoms with Gasteiger partial charge in [0.05, 0.1) is 6.61 Å². The summed E-state index contributed by atoms with van der Waals surface area (Å²) >= 11 is 0. The largest absolute Gasteiger partial charge is 0.380 e. The van der Waals surface area contributed by atoms with E-state index in [1.54, 1.807) is 7.11 Å². The van der Waals surface area contributed by atoms with Crippen LogP contribution in [0, 0.1) is 5.92 Å². The minimum absolute atomic E-state index is 0.684. The molecule has 2 aromatic carbocycles. The Bertz CT molecular complexity index is 500. The number of hydrogen-bond donors (Lipinski definition) is 0.